The number of nitrogens with one attached hydrogen (secondary N) is 2. The molecule has 2 N–H and O–H groups in total. The first-order valence-corrected chi connectivity index (χ1v) is 6.55. The fourth-order valence-electron chi connectivity index (χ4n) is 2.21. The SMILES string of the molecule is Fc1ccccc1C1NC(=S)Nc2ccc(Cl)cc21. The van der Waals surface area contributed by atoms with Crippen LogP contribution in [0.3, 0.4) is 0 Å². The molecule has 1 unspecified atom stereocenters. The van der Waals surface area contributed by atoms with Gasteiger partial charge in [0.1, 0.15) is 5.82 Å². The molecule has 0 radical (unpaired) electrons. The molecule has 1 aliphatic rings. The molecule has 1 heterocycles. The van der Waals surface area contributed by atoms with Crippen LogP contribution in [-0.2, 0) is 0 Å². The smallest absolute Gasteiger partial charge is 0.171 e. The molecule has 0 spiro atoms. The predicted molar refractivity (Wildman–Crippen MR) is 79.1 cm³/mol. The van der Waals surface area contributed by atoms with Gasteiger partial charge in [-0.05, 0) is 36.5 Å². The van der Waals surface area contributed by atoms with E-state index in [-0.39, 0.29) is 11.9 Å². The van der Waals surface area contributed by atoms with Crippen molar-refractivity contribution >= 4 is 34.6 Å². The third kappa shape index (κ3) is 2.29. The van der Waals surface area contributed by atoms with E-state index in [4.69, 9.17) is 23.8 Å². The summed E-state index contributed by atoms with van der Waals surface area (Å²) in [6.07, 6.45) is 0. The van der Waals surface area contributed by atoms with Gasteiger partial charge in [0.25, 0.3) is 0 Å². The number of fused-ring (bicyclic) bond motifs is 1. The molecule has 3 rings (SSSR count). The zero-order chi connectivity index (χ0) is 13.4. The molecule has 0 saturated heterocycles. The van der Waals surface area contributed by atoms with E-state index >= 15 is 0 Å². The number of hydrogen-bond donors (Lipinski definition) is 2. The second kappa shape index (κ2) is 4.79. The molecule has 0 aliphatic carbocycles. The lowest BCUT2D eigenvalue weighted by Crippen LogP contribution is -2.38. The summed E-state index contributed by atoms with van der Waals surface area (Å²) in [5.74, 6) is -0.268. The molecule has 96 valence electrons. The number of rotatable bonds is 1. The minimum atomic E-state index is -0.330. The first-order valence-electron chi connectivity index (χ1n) is 5.76. The second-order valence-corrected chi connectivity index (χ2v) is 5.13. The molecule has 0 aromatic heterocycles. The minimum absolute atomic E-state index is 0.268. The highest BCUT2D eigenvalue weighted by atomic mass is 35.5. The van der Waals surface area contributed by atoms with Crippen molar-refractivity contribution in [2.75, 3.05) is 5.32 Å². The van der Waals surface area contributed by atoms with Gasteiger partial charge in [-0.3, -0.25) is 0 Å². The Balaban J connectivity index is 2.16. The van der Waals surface area contributed by atoms with Crippen molar-refractivity contribution < 1.29 is 4.39 Å². The summed E-state index contributed by atoms with van der Waals surface area (Å²) in [6.45, 7) is 0. The molecule has 1 aliphatic heterocycles. The zero-order valence-electron chi connectivity index (χ0n) is 9.78. The number of anilines is 1. The third-order valence-corrected chi connectivity index (χ3v) is 3.52. The highest BCUT2D eigenvalue weighted by molar-refractivity contribution is 7.80. The normalized spacial score (nSPS) is 17.4. The van der Waals surface area contributed by atoms with Crippen molar-refractivity contribution in [3.05, 3.63) is 64.4 Å². The van der Waals surface area contributed by atoms with Gasteiger partial charge in [0.2, 0.25) is 0 Å². The molecule has 2 nitrogen and oxygen atoms in total. The standard InChI is InChI=1S/C14H10ClFN2S/c15-8-5-6-12-10(7-8)13(18-14(19)17-12)9-3-1-2-4-11(9)16/h1-7,13H,(H2,17,18,19). The van der Waals surface area contributed by atoms with E-state index in [1.54, 1.807) is 24.3 Å². The Morgan fingerprint density at radius 3 is 2.68 bits per heavy atom. The average molecular weight is 293 g/mol. The predicted octanol–water partition coefficient (Wildman–Crippen LogP) is 3.87. The summed E-state index contributed by atoms with van der Waals surface area (Å²) < 4.78 is 14.0. The Labute approximate surface area is 120 Å². The second-order valence-electron chi connectivity index (χ2n) is 4.28. The van der Waals surface area contributed by atoms with Gasteiger partial charge in [-0.1, -0.05) is 29.8 Å². The quantitative estimate of drug-likeness (QED) is 0.780. The van der Waals surface area contributed by atoms with Gasteiger partial charge >= 0.3 is 0 Å². The van der Waals surface area contributed by atoms with E-state index in [0.29, 0.717) is 15.7 Å². The Kier molecular flexibility index (Phi) is 3.12. The van der Waals surface area contributed by atoms with E-state index in [0.717, 1.165) is 11.3 Å². The molecule has 19 heavy (non-hydrogen) atoms. The summed E-state index contributed by atoms with van der Waals surface area (Å²) in [5, 5.41) is 7.21. The van der Waals surface area contributed by atoms with Crippen LogP contribution in [0.4, 0.5) is 10.1 Å². The molecule has 2 aromatic rings. The summed E-state index contributed by atoms with van der Waals surface area (Å²) in [6, 6.07) is 11.8. The molecule has 0 amide bonds. The molecular weight excluding hydrogens is 283 g/mol. The zero-order valence-corrected chi connectivity index (χ0v) is 11.4. The maximum Gasteiger partial charge on any atom is 0.171 e. The summed E-state index contributed by atoms with van der Waals surface area (Å²) >= 11 is 11.2. The van der Waals surface area contributed by atoms with E-state index in [2.05, 4.69) is 10.6 Å². The van der Waals surface area contributed by atoms with Crippen molar-refractivity contribution in [2.24, 2.45) is 0 Å². The number of hydrogen-bond acceptors (Lipinski definition) is 1. The minimum Gasteiger partial charge on any atom is -0.351 e. The molecule has 0 bridgehead atoms. The van der Waals surface area contributed by atoms with Gasteiger partial charge in [0.15, 0.2) is 5.11 Å². The van der Waals surface area contributed by atoms with Crippen LogP contribution in [0.1, 0.15) is 17.2 Å². The average Bonchev–Trinajstić information content (AvgIpc) is 2.39. The van der Waals surface area contributed by atoms with E-state index in [1.165, 1.54) is 6.07 Å². The Morgan fingerprint density at radius 2 is 1.89 bits per heavy atom. The summed E-state index contributed by atoms with van der Waals surface area (Å²) in [7, 11) is 0. The van der Waals surface area contributed by atoms with Crippen molar-refractivity contribution in [1.82, 2.24) is 5.32 Å². The van der Waals surface area contributed by atoms with Crippen LogP contribution < -0.4 is 10.6 Å². The van der Waals surface area contributed by atoms with E-state index in [9.17, 15) is 4.39 Å². The lowest BCUT2D eigenvalue weighted by Gasteiger charge is -2.29. The lowest BCUT2D eigenvalue weighted by molar-refractivity contribution is 0.588. The summed E-state index contributed by atoms with van der Waals surface area (Å²) in [4.78, 5) is 0. The van der Waals surface area contributed by atoms with Crippen molar-refractivity contribution in [3.8, 4) is 0 Å². The first kappa shape index (κ1) is 12.4. The van der Waals surface area contributed by atoms with Crippen LogP contribution in [0.25, 0.3) is 0 Å². The van der Waals surface area contributed by atoms with Gasteiger partial charge in [-0.2, -0.15) is 0 Å². The van der Waals surface area contributed by atoms with Crippen LogP contribution in [0, 0.1) is 5.82 Å². The van der Waals surface area contributed by atoms with Gasteiger partial charge in [0, 0.05) is 21.8 Å². The summed E-state index contributed by atoms with van der Waals surface area (Å²) in [5.41, 5.74) is 2.28. The first-order chi connectivity index (χ1) is 9.15. The number of halogens is 2. The molecule has 5 heteroatoms. The maximum absolute atomic E-state index is 14.0. The van der Waals surface area contributed by atoms with E-state index in [1.807, 2.05) is 12.1 Å². The lowest BCUT2D eigenvalue weighted by atomic mass is 9.95. The topological polar surface area (TPSA) is 24.1 Å². The molecular formula is C14H10ClFN2S. The fourth-order valence-corrected chi connectivity index (χ4v) is 2.62. The van der Waals surface area contributed by atoms with Crippen molar-refractivity contribution in [1.29, 1.82) is 0 Å². The van der Waals surface area contributed by atoms with E-state index < -0.39 is 0 Å². The Bertz CT molecular complexity index is 660. The van der Waals surface area contributed by atoms with Gasteiger partial charge in [-0.25, -0.2) is 4.39 Å². The Hall–Kier alpha value is -1.65. The van der Waals surface area contributed by atoms with Crippen LogP contribution in [-0.4, -0.2) is 5.11 Å². The van der Waals surface area contributed by atoms with Crippen LogP contribution >= 0.6 is 23.8 Å². The van der Waals surface area contributed by atoms with Crippen molar-refractivity contribution in [2.45, 2.75) is 6.04 Å². The number of thiocarbonyl (C=S) groups is 1. The fraction of sp³-hybridized carbons (Fsp3) is 0.0714. The van der Waals surface area contributed by atoms with Gasteiger partial charge < -0.3 is 10.6 Å². The Morgan fingerprint density at radius 1 is 1.11 bits per heavy atom. The van der Waals surface area contributed by atoms with Crippen molar-refractivity contribution in [3.63, 3.8) is 0 Å². The molecule has 2 aromatic carbocycles. The van der Waals surface area contributed by atoms with Crippen LogP contribution in [0.2, 0.25) is 5.02 Å². The molecule has 0 saturated carbocycles. The van der Waals surface area contributed by atoms with Gasteiger partial charge in [-0.15, -0.1) is 0 Å². The monoisotopic (exact) mass is 292 g/mol. The maximum atomic E-state index is 14.0. The highest BCUT2D eigenvalue weighted by Gasteiger charge is 2.25. The molecule has 0 fully saturated rings. The number of benzene rings is 2. The van der Waals surface area contributed by atoms with Crippen LogP contribution in [0.15, 0.2) is 42.5 Å². The molecule has 1 atom stereocenters. The van der Waals surface area contributed by atoms with Crippen LogP contribution in [0.5, 0.6) is 0 Å². The largest absolute Gasteiger partial charge is 0.351 e. The van der Waals surface area contributed by atoms with Gasteiger partial charge in [0.05, 0.1) is 6.04 Å². The third-order valence-electron chi connectivity index (χ3n) is 3.06. The highest BCUT2D eigenvalue weighted by Crippen LogP contribution is 2.34.